The van der Waals surface area contributed by atoms with Crippen molar-refractivity contribution in [1.29, 1.82) is 0 Å². The van der Waals surface area contributed by atoms with E-state index in [1.165, 1.54) is 5.56 Å². The molecular formula is C23H20N2OS. The lowest BCUT2D eigenvalue weighted by Crippen LogP contribution is -2.18. The van der Waals surface area contributed by atoms with Crippen molar-refractivity contribution in [2.24, 2.45) is 4.40 Å². The van der Waals surface area contributed by atoms with Crippen molar-refractivity contribution in [2.45, 2.75) is 6.92 Å². The van der Waals surface area contributed by atoms with Crippen molar-refractivity contribution in [3.8, 4) is 11.1 Å². The Hall–Kier alpha value is -3.11. The van der Waals surface area contributed by atoms with Gasteiger partial charge in [0.1, 0.15) is 0 Å². The van der Waals surface area contributed by atoms with Crippen LogP contribution in [0.25, 0.3) is 17.2 Å². The van der Waals surface area contributed by atoms with Crippen LogP contribution in [0, 0.1) is 6.92 Å². The summed E-state index contributed by atoms with van der Waals surface area (Å²) in [4.78, 5) is 12.6. The maximum Gasteiger partial charge on any atom is 0.261 e. The summed E-state index contributed by atoms with van der Waals surface area (Å²) in [5.41, 5.74) is 6.29. The van der Waals surface area contributed by atoms with Gasteiger partial charge in [0, 0.05) is 17.3 Å². The van der Waals surface area contributed by atoms with E-state index < -0.39 is 11.3 Å². The molecule has 1 aliphatic heterocycles. The Morgan fingerprint density at radius 2 is 1.67 bits per heavy atom. The largest absolute Gasteiger partial charge is 0.296 e. The fraction of sp³-hybridized carbons (Fsp3) is 0.0435. The average Bonchev–Trinajstić information content (AvgIpc) is 2.91. The van der Waals surface area contributed by atoms with Crippen molar-refractivity contribution in [3.63, 3.8) is 0 Å². The minimum Gasteiger partial charge on any atom is -0.296 e. The van der Waals surface area contributed by atoms with E-state index in [1.807, 2.05) is 72.3 Å². The summed E-state index contributed by atoms with van der Waals surface area (Å²) in [7, 11) is 0. The van der Waals surface area contributed by atoms with Crippen molar-refractivity contribution in [2.75, 3.05) is 0 Å². The number of nitrogens with zero attached hydrogens (tertiary/aromatic N) is 1. The van der Waals surface area contributed by atoms with Gasteiger partial charge in [0.15, 0.2) is 0 Å². The van der Waals surface area contributed by atoms with Crippen LogP contribution in [-0.2, 0) is 0 Å². The number of hydrogen-bond donors (Lipinski definition) is 2. The van der Waals surface area contributed by atoms with Crippen LogP contribution >= 0.6 is 11.3 Å². The van der Waals surface area contributed by atoms with Crippen molar-refractivity contribution in [1.82, 2.24) is 4.72 Å². The number of benzene rings is 3. The second-order valence-corrected chi connectivity index (χ2v) is 7.86. The zero-order valence-corrected chi connectivity index (χ0v) is 15.9. The fourth-order valence-corrected chi connectivity index (χ4v) is 4.06. The first kappa shape index (κ1) is 17.3. The van der Waals surface area contributed by atoms with Gasteiger partial charge in [-0.2, -0.15) is 0 Å². The first-order valence-electron chi connectivity index (χ1n) is 8.77. The quantitative estimate of drug-likeness (QED) is 0.600. The van der Waals surface area contributed by atoms with E-state index in [2.05, 4.69) is 34.2 Å². The summed E-state index contributed by atoms with van der Waals surface area (Å²) in [6.45, 7) is 2.08. The first-order valence-corrected chi connectivity index (χ1v) is 10.1. The minimum atomic E-state index is -1.07. The molecule has 1 atom stereocenters. The lowest BCUT2D eigenvalue weighted by Gasteiger charge is -2.13. The normalized spacial score (nSPS) is 16.4. The van der Waals surface area contributed by atoms with Gasteiger partial charge in [0.25, 0.3) is 5.91 Å². The molecule has 0 radical (unpaired) electrons. The van der Waals surface area contributed by atoms with Gasteiger partial charge in [-0.05, 0) is 47.2 Å². The number of amides is 1. The van der Waals surface area contributed by atoms with E-state index in [4.69, 9.17) is 0 Å². The van der Waals surface area contributed by atoms with E-state index in [9.17, 15) is 4.79 Å². The second kappa shape index (κ2) is 7.64. The lowest BCUT2D eigenvalue weighted by molar-refractivity contribution is 0.0984. The molecule has 4 heteroatoms. The Balaban J connectivity index is 1.48. The molecule has 1 amide bonds. The van der Waals surface area contributed by atoms with Crippen LogP contribution in [-0.4, -0.2) is 12.1 Å². The highest BCUT2D eigenvalue weighted by atomic mass is 32.2. The van der Waals surface area contributed by atoms with Gasteiger partial charge in [0.05, 0.1) is 0 Å². The van der Waals surface area contributed by atoms with Crippen LogP contribution in [0.4, 0.5) is 0 Å². The molecule has 0 bridgehead atoms. The fourth-order valence-electron chi connectivity index (χ4n) is 2.97. The molecule has 0 saturated carbocycles. The molecule has 1 aliphatic rings. The third kappa shape index (κ3) is 4.01. The van der Waals surface area contributed by atoms with E-state index in [0.29, 0.717) is 5.56 Å². The highest BCUT2D eigenvalue weighted by molar-refractivity contribution is 8.17. The van der Waals surface area contributed by atoms with E-state index in [0.717, 1.165) is 22.3 Å². The predicted molar refractivity (Wildman–Crippen MR) is 116 cm³/mol. The van der Waals surface area contributed by atoms with Crippen LogP contribution in [0.5, 0.6) is 0 Å². The van der Waals surface area contributed by atoms with E-state index in [1.54, 1.807) is 0 Å². The molecular weight excluding hydrogens is 352 g/mol. The molecule has 1 unspecified atom stereocenters. The Kier molecular flexibility index (Phi) is 4.90. The molecule has 0 aliphatic carbocycles. The summed E-state index contributed by atoms with van der Waals surface area (Å²) in [5.74, 6) is -0.107. The zero-order valence-electron chi connectivity index (χ0n) is 15.0. The first-order chi connectivity index (χ1) is 13.2. The summed E-state index contributed by atoms with van der Waals surface area (Å²) in [5, 5.41) is 1.97. The van der Waals surface area contributed by atoms with Crippen LogP contribution < -0.4 is 4.72 Å². The molecule has 3 aromatic rings. The van der Waals surface area contributed by atoms with Crippen LogP contribution in [0.15, 0.2) is 82.6 Å². The Morgan fingerprint density at radius 3 is 2.44 bits per heavy atom. The van der Waals surface area contributed by atoms with Crippen molar-refractivity contribution in [3.05, 3.63) is 100 Å². The summed E-state index contributed by atoms with van der Waals surface area (Å²) in [6.07, 6.45) is 3.86. The molecule has 3 nitrogen and oxygen atoms in total. The molecule has 4 rings (SSSR count). The van der Waals surface area contributed by atoms with Gasteiger partial charge >= 0.3 is 0 Å². The number of carbonyl (C=O) groups excluding carboxylic acids is 1. The number of aryl methyl sites for hydroxylation is 1. The summed E-state index contributed by atoms with van der Waals surface area (Å²) in [6, 6.07) is 24.1. The standard InChI is InChI=1S/C23H20N2OS/c1-17-5-4-8-21(15-17)19-9-11-20(12-10-19)23(26)25-27-14-13-18-6-2-3-7-22(18)16-24-27/h2-16,27H,1H3,(H,25,26). The van der Waals surface area contributed by atoms with Gasteiger partial charge in [-0.1, -0.05) is 77.5 Å². The second-order valence-electron chi connectivity index (χ2n) is 6.42. The number of fused-ring (bicyclic) bond motifs is 1. The molecule has 134 valence electrons. The highest BCUT2D eigenvalue weighted by Crippen LogP contribution is 2.29. The Morgan fingerprint density at radius 1 is 0.889 bits per heavy atom. The molecule has 0 saturated heterocycles. The number of hydrogen-bond acceptors (Lipinski definition) is 2. The number of thiol groups is 1. The van der Waals surface area contributed by atoms with Gasteiger partial charge in [-0.25, -0.2) is 4.40 Å². The van der Waals surface area contributed by atoms with E-state index >= 15 is 0 Å². The topological polar surface area (TPSA) is 41.5 Å². The average molecular weight is 372 g/mol. The highest BCUT2D eigenvalue weighted by Gasteiger charge is 2.10. The zero-order chi connectivity index (χ0) is 18.6. The molecule has 0 aromatic heterocycles. The number of nitrogens with one attached hydrogen (secondary N) is 1. The van der Waals surface area contributed by atoms with Crippen molar-refractivity contribution < 1.29 is 4.79 Å². The molecule has 0 spiro atoms. The Bertz CT molecular complexity index is 1010. The number of rotatable bonds is 3. The molecule has 3 aromatic carbocycles. The smallest absolute Gasteiger partial charge is 0.261 e. The number of carbonyl (C=O) groups is 1. The Labute approximate surface area is 162 Å². The lowest BCUT2D eigenvalue weighted by atomic mass is 10.0. The van der Waals surface area contributed by atoms with Gasteiger partial charge in [0.2, 0.25) is 0 Å². The van der Waals surface area contributed by atoms with Crippen molar-refractivity contribution >= 4 is 29.5 Å². The monoisotopic (exact) mass is 372 g/mol. The van der Waals surface area contributed by atoms with Gasteiger partial charge < -0.3 is 0 Å². The van der Waals surface area contributed by atoms with Crippen LogP contribution in [0.2, 0.25) is 0 Å². The molecule has 0 fully saturated rings. The van der Waals surface area contributed by atoms with Gasteiger partial charge in [-0.3, -0.25) is 9.52 Å². The maximum absolute atomic E-state index is 12.6. The predicted octanol–water partition coefficient (Wildman–Crippen LogP) is 5.33. The van der Waals surface area contributed by atoms with Crippen LogP contribution in [0.1, 0.15) is 27.0 Å². The van der Waals surface area contributed by atoms with E-state index in [-0.39, 0.29) is 5.91 Å². The van der Waals surface area contributed by atoms with Crippen LogP contribution in [0.3, 0.4) is 0 Å². The third-order valence-electron chi connectivity index (χ3n) is 4.43. The third-order valence-corrected chi connectivity index (χ3v) is 5.66. The molecule has 1 N–H and O–H groups in total. The maximum atomic E-state index is 12.6. The SMILES string of the molecule is Cc1cccc(-c2ccc(C(=O)N[SH]3C=Cc4ccccc4C=N3)cc2)c1. The minimum absolute atomic E-state index is 0.107. The molecule has 1 heterocycles. The summed E-state index contributed by atoms with van der Waals surface area (Å²) >= 11 is -1.07. The van der Waals surface area contributed by atoms with Gasteiger partial charge in [-0.15, -0.1) is 0 Å². The summed E-state index contributed by atoms with van der Waals surface area (Å²) < 4.78 is 7.55. The molecule has 27 heavy (non-hydrogen) atoms.